The number of amides is 1. The van der Waals surface area contributed by atoms with Gasteiger partial charge in [0.2, 0.25) is 0 Å². The summed E-state index contributed by atoms with van der Waals surface area (Å²) in [5, 5.41) is 0. The SMILES string of the molecule is CC1CC(C)CN(C(=O)c2ccc(-n3c(-c4ccccc4)cc4c3CCCC4)cc2)C1. The van der Waals surface area contributed by atoms with Crippen molar-refractivity contribution in [2.45, 2.75) is 46.0 Å². The summed E-state index contributed by atoms with van der Waals surface area (Å²) in [6.07, 6.45) is 6.00. The van der Waals surface area contributed by atoms with Crippen molar-refractivity contribution in [1.29, 1.82) is 0 Å². The van der Waals surface area contributed by atoms with E-state index >= 15 is 0 Å². The molecule has 31 heavy (non-hydrogen) atoms. The Bertz CT molecular complexity index is 1050. The second kappa shape index (κ2) is 8.37. The summed E-state index contributed by atoms with van der Waals surface area (Å²) in [5.74, 6) is 1.32. The van der Waals surface area contributed by atoms with Crippen LogP contribution in [0.25, 0.3) is 16.9 Å². The molecule has 2 unspecified atom stereocenters. The lowest BCUT2D eigenvalue weighted by molar-refractivity contribution is 0.0623. The standard InChI is InChI=1S/C28H32N2O/c1-20-16-21(2)19-29(18-20)28(31)23-12-14-25(15-13-23)30-26-11-7-6-10-24(26)17-27(30)22-8-4-3-5-9-22/h3-5,8-9,12-15,17,20-21H,6-7,10-11,16,18-19H2,1-2H3. The van der Waals surface area contributed by atoms with Crippen LogP contribution in [0.5, 0.6) is 0 Å². The summed E-state index contributed by atoms with van der Waals surface area (Å²) in [5.41, 5.74) is 7.36. The van der Waals surface area contributed by atoms with Crippen molar-refractivity contribution in [1.82, 2.24) is 9.47 Å². The fourth-order valence-electron chi connectivity index (χ4n) is 5.58. The number of hydrogen-bond donors (Lipinski definition) is 0. The summed E-state index contributed by atoms with van der Waals surface area (Å²) < 4.78 is 2.42. The largest absolute Gasteiger partial charge is 0.338 e. The Kier molecular flexibility index (Phi) is 5.43. The molecule has 1 aliphatic heterocycles. The first-order valence-electron chi connectivity index (χ1n) is 11.8. The van der Waals surface area contributed by atoms with Crippen LogP contribution in [0, 0.1) is 11.8 Å². The van der Waals surface area contributed by atoms with Gasteiger partial charge in [0.15, 0.2) is 0 Å². The second-order valence-corrected chi connectivity index (χ2v) is 9.61. The molecule has 160 valence electrons. The molecule has 0 radical (unpaired) electrons. The number of likely N-dealkylation sites (tertiary alicyclic amines) is 1. The van der Waals surface area contributed by atoms with Gasteiger partial charge < -0.3 is 9.47 Å². The van der Waals surface area contributed by atoms with Crippen molar-refractivity contribution >= 4 is 5.91 Å². The number of hydrogen-bond acceptors (Lipinski definition) is 1. The average Bonchev–Trinajstić information content (AvgIpc) is 3.18. The molecule has 3 heteroatoms. The minimum absolute atomic E-state index is 0.169. The Balaban J connectivity index is 1.49. The van der Waals surface area contributed by atoms with Gasteiger partial charge in [-0.25, -0.2) is 0 Å². The fourth-order valence-corrected chi connectivity index (χ4v) is 5.58. The third kappa shape index (κ3) is 3.94. The van der Waals surface area contributed by atoms with Crippen LogP contribution in [0.4, 0.5) is 0 Å². The number of piperidine rings is 1. The molecule has 0 N–H and O–H groups in total. The van der Waals surface area contributed by atoms with Gasteiger partial charge in [-0.3, -0.25) is 4.79 Å². The summed E-state index contributed by atoms with van der Waals surface area (Å²) in [7, 11) is 0. The van der Waals surface area contributed by atoms with Gasteiger partial charge in [0, 0.05) is 30.0 Å². The number of aromatic nitrogens is 1. The Labute approximate surface area is 185 Å². The molecular weight excluding hydrogens is 380 g/mol. The van der Waals surface area contributed by atoms with Gasteiger partial charge in [-0.05, 0) is 85.4 Å². The maximum Gasteiger partial charge on any atom is 0.253 e. The van der Waals surface area contributed by atoms with Crippen molar-refractivity contribution in [3.8, 4) is 16.9 Å². The minimum Gasteiger partial charge on any atom is -0.338 e. The van der Waals surface area contributed by atoms with Gasteiger partial charge >= 0.3 is 0 Å². The molecule has 1 aliphatic carbocycles. The highest BCUT2D eigenvalue weighted by atomic mass is 16.2. The maximum absolute atomic E-state index is 13.1. The van der Waals surface area contributed by atoms with Crippen molar-refractivity contribution in [3.63, 3.8) is 0 Å². The van der Waals surface area contributed by atoms with Crippen molar-refractivity contribution in [3.05, 3.63) is 77.5 Å². The Hall–Kier alpha value is -2.81. The van der Waals surface area contributed by atoms with E-state index in [9.17, 15) is 4.79 Å². The predicted molar refractivity (Wildman–Crippen MR) is 127 cm³/mol. The molecule has 2 aliphatic rings. The van der Waals surface area contributed by atoms with E-state index in [-0.39, 0.29) is 5.91 Å². The molecule has 1 saturated heterocycles. The van der Waals surface area contributed by atoms with E-state index in [0.29, 0.717) is 11.8 Å². The first kappa shape index (κ1) is 20.1. The topological polar surface area (TPSA) is 25.2 Å². The number of carbonyl (C=O) groups is 1. The summed E-state index contributed by atoms with van der Waals surface area (Å²) in [4.78, 5) is 15.2. The van der Waals surface area contributed by atoms with Crippen LogP contribution in [0.15, 0.2) is 60.7 Å². The molecule has 1 amide bonds. The Morgan fingerprint density at radius 1 is 0.871 bits per heavy atom. The summed E-state index contributed by atoms with van der Waals surface area (Å²) in [6.45, 7) is 6.24. The van der Waals surface area contributed by atoms with Gasteiger partial charge in [-0.2, -0.15) is 0 Å². The lowest BCUT2D eigenvalue weighted by Crippen LogP contribution is -2.42. The normalized spacial score (nSPS) is 21.0. The highest BCUT2D eigenvalue weighted by Gasteiger charge is 2.26. The van der Waals surface area contributed by atoms with Gasteiger partial charge in [0.25, 0.3) is 5.91 Å². The molecule has 3 nitrogen and oxygen atoms in total. The van der Waals surface area contributed by atoms with E-state index in [1.54, 1.807) is 0 Å². The number of benzene rings is 2. The molecule has 0 saturated carbocycles. The molecule has 0 spiro atoms. The van der Waals surface area contributed by atoms with Crippen LogP contribution >= 0.6 is 0 Å². The van der Waals surface area contributed by atoms with E-state index in [1.807, 2.05) is 17.0 Å². The summed E-state index contributed by atoms with van der Waals surface area (Å²) in [6, 6.07) is 21.3. The lowest BCUT2D eigenvalue weighted by atomic mass is 9.91. The van der Waals surface area contributed by atoms with Crippen LogP contribution in [-0.4, -0.2) is 28.5 Å². The molecule has 1 aromatic heterocycles. The third-order valence-corrected chi connectivity index (χ3v) is 6.90. The van der Waals surface area contributed by atoms with Crippen molar-refractivity contribution in [2.75, 3.05) is 13.1 Å². The molecule has 2 heterocycles. The highest BCUT2D eigenvalue weighted by molar-refractivity contribution is 5.94. The molecule has 2 aromatic carbocycles. The smallest absolute Gasteiger partial charge is 0.253 e. The maximum atomic E-state index is 13.1. The average molecular weight is 413 g/mol. The first-order valence-corrected chi connectivity index (χ1v) is 11.8. The molecule has 3 aromatic rings. The molecule has 5 rings (SSSR count). The second-order valence-electron chi connectivity index (χ2n) is 9.61. The Morgan fingerprint density at radius 3 is 2.26 bits per heavy atom. The van der Waals surface area contributed by atoms with E-state index in [1.165, 1.54) is 41.8 Å². The molecule has 0 bridgehead atoms. The van der Waals surface area contributed by atoms with Crippen LogP contribution in [-0.2, 0) is 12.8 Å². The summed E-state index contributed by atoms with van der Waals surface area (Å²) >= 11 is 0. The third-order valence-electron chi connectivity index (χ3n) is 6.90. The van der Waals surface area contributed by atoms with Gasteiger partial charge in [0.1, 0.15) is 0 Å². The van der Waals surface area contributed by atoms with Crippen LogP contribution in [0.3, 0.4) is 0 Å². The number of nitrogens with zero attached hydrogens (tertiary/aromatic N) is 2. The minimum atomic E-state index is 0.169. The van der Waals surface area contributed by atoms with E-state index < -0.39 is 0 Å². The van der Waals surface area contributed by atoms with E-state index in [4.69, 9.17) is 0 Å². The van der Waals surface area contributed by atoms with Crippen molar-refractivity contribution < 1.29 is 4.79 Å². The molecule has 2 atom stereocenters. The fraction of sp³-hybridized carbons (Fsp3) is 0.393. The van der Waals surface area contributed by atoms with Crippen LogP contribution in [0.2, 0.25) is 0 Å². The van der Waals surface area contributed by atoms with Gasteiger partial charge in [-0.15, -0.1) is 0 Å². The lowest BCUT2D eigenvalue weighted by Gasteiger charge is -2.35. The zero-order valence-corrected chi connectivity index (χ0v) is 18.7. The predicted octanol–water partition coefficient (Wildman–Crippen LogP) is 6.14. The number of rotatable bonds is 3. The molecular formula is C28H32N2O. The highest BCUT2D eigenvalue weighted by Crippen LogP contribution is 2.34. The van der Waals surface area contributed by atoms with Gasteiger partial charge in [0.05, 0.1) is 5.69 Å². The number of aryl methyl sites for hydroxylation is 1. The van der Waals surface area contributed by atoms with Crippen molar-refractivity contribution in [2.24, 2.45) is 11.8 Å². The van der Waals surface area contributed by atoms with Crippen LogP contribution < -0.4 is 0 Å². The number of fused-ring (bicyclic) bond motifs is 1. The Morgan fingerprint density at radius 2 is 1.55 bits per heavy atom. The van der Waals surface area contributed by atoms with Crippen LogP contribution in [0.1, 0.15) is 54.7 Å². The van der Waals surface area contributed by atoms with Gasteiger partial charge in [-0.1, -0.05) is 44.2 Å². The quantitative estimate of drug-likeness (QED) is 0.507. The zero-order chi connectivity index (χ0) is 21.4. The number of carbonyl (C=O) groups excluding carboxylic acids is 1. The van der Waals surface area contributed by atoms with E-state index in [0.717, 1.165) is 37.2 Å². The zero-order valence-electron chi connectivity index (χ0n) is 18.7. The van der Waals surface area contributed by atoms with E-state index in [2.05, 4.69) is 66.9 Å². The molecule has 1 fully saturated rings. The first-order chi connectivity index (χ1) is 15.1. The monoisotopic (exact) mass is 412 g/mol.